The van der Waals surface area contributed by atoms with Crippen molar-refractivity contribution in [2.75, 3.05) is 13.7 Å². The van der Waals surface area contributed by atoms with Crippen molar-refractivity contribution in [3.63, 3.8) is 0 Å². The van der Waals surface area contributed by atoms with Crippen LogP contribution in [0.1, 0.15) is 17.5 Å². The first kappa shape index (κ1) is 21.3. The van der Waals surface area contributed by atoms with Gasteiger partial charge < -0.3 is 19.9 Å². The second-order valence-electron chi connectivity index (χ2n) is 6.35. The van der Waals surface area contributed by atoms with Crippen molar-refractivity contribution >= 4 is 11.9 Å². The minimum absolute atomic E-state index is 0.0357. The molecule has 0 radical (unpaired) electrons. The summed E-state index contributed by atoms with van der Waals surface area (Å²) in [7, 11) is 1.25. The molecular formula is C22H25NO5. The summed E-state index contributed by atoms with van der Waals surface area (Å²) in [5.41, 5.74) is 8.27. The van der Waals surface area contributed by atoms with Crippen molar-refractivity contribution in [2.24, 2.45) is 5.73 Å². The van der Waals surface area contributed by atoms with Gasteiger partial charge in [0.2, 0.25) is 0 Å². The first-order chi connectivity index (χ1) is 13.5. The van der Waals surface area contributed by atoms with Crippen LogP contribution in [0.5, 0.6) is 5.75 Å². The lowest BCUT2D eigenvalue weighted by Gasteiger charge is -2.13. The van der Waals surface area contributed by atoms with Crippen LogP contribution < -0.4 is 10.5 Å². The third-order valence-corrected chi connectivity index (χ3v) is 3.95. The largest absolute Gasteiger partial charge is 0.469 e. The summed E-state index contributed by atoms with van der Waals surface area (Å²) in [6, 6.07) is 16.8. The number of benzene rings is 2. The number of rotatable bonds is 10. The van der Waals surface area contributed by atoms with Gasteiger partial charge in [0, 0.05) is 11.6 Å². The minimum atomic E-state index is -0.663. The van der Waals surface area contributed by atoms with Gasteiger partial charge in [-0.25, -0.2) is 4.79 Å². The zero-order valence-electron chi connectivity index (χ0n) is 15.9. The average molecular weight is 383 g/mol. The van der Waals surface area contributed by atoms with Gasteiger partial charge in [-0.2, -0.15) is 0 Å². The summed E-state index contributed by atoms with van der Waals surface area (Å²) >= 11 is 0. The zero-order valence-corrected chi connectivity index (χ0v) is 15.9. The number of esters is 2. The molecule has 2 aromatic carbocycles. The van der Waals surface area contributed by atoms with E-state index in [-0.39, 0.29) is 18.0 Å². The maximum atomic E-state index is 11.9. The smallest absolute Gasteiger partial charge is 0.339 e. The molecule has 1 unspecified atom stereocenters. The van der Waals surface area contributed by atoms with Crippen molar-refractivity contribution in [1.82, 2.24) is 0 Å². The van der Waals surface area contributed by atoms with Crippen molar-refractivity contribution in [2.45, 2.75) is 25.5 Å². The highest BCUT2D eigenvalue weighted by Gasteiger charge is 2.14. The summed E-state index contributed by atoms with van der Waals surface area (Å²) in [5.74, 6) is -0.835. The molecule has 0 aliphatic heterocycles. The topological polar surface area (TPSA) is 87.9 Å². The van der Waals surface area contributed by atoms with Crippen molar-refractivity contribution in [1.29, 1.82) is 0 Å². The Bertz CT molecular complexity index is 786. The van der Waals surface area contributed by atoms with E-state index in [4.69, 9.17) is 15.2 Å². The van der Waals surface area contributed by atoms with E-state index in [1.165, 1.54) is 7.11 Å². The third-order valence-electron chi connectivity index (χ3n) is 3.95. The maximum Gasteiger partial charge on any atom is 0.339 e. The fraction of sp³-hybridized carbons (Fsp3) is 0.273. The fourth-order valence-electron chi connectivity index (χ4n) is 2.46. The number of hydrogen-bond acceptors (Lipinski definition) is 6. The molecule has 0 spiro atoms. The SMILES string of the molecule is C=C(CC(=O)OC)C(=O)Oc1ccc(CC(N)COCc2ccccc2)cc1. The molecule has 0 aliphatic rings. The molecule has 0 aromatic heterocycles. The molecule has 0 amide bonds. The minimum Gasteiger partial charge on any atom is -0.469 e. The lowest BCUT2D eigenvalue weighted by Crippen LogP contribution is -2.28. The molecule has 0 fully saturated rings. The van der Waals surface area contributed by atoms with Gasteiger partial charge >= 0.3 is 11.9 Å². The van der Waals surface area contributed by atoms with Gasteiger partial charge in [0.15, 0.2) is 0 Å². The molecule has 0 bridgehead atoms. The van der Waals surface area contributed by atoms with Crippen molar-refractivity contribution < 1.29 is 23.8 Å². The van der Waals surface area contributed by atoms with Crippen LogP contribution in [0.3, 0.4) is 0 Å². The molecule has 0 saturated carbocycles. The molecule has 148 valence electrons. The van der Waals surface area contributed by atoms with Crippen LogP contribution in [-0.4, -0.2) is 31.7 Å². The van der Waals surface area contributed by atoms with Gasteiger partial charge in [-0.05, 0) is 29.7 Å². The Balaban J connectivity index is 1.76. The molecule has 2 N–H and O–H groups in total. The van der Waals surface area contributed by atoms with Crippen LogP contribution in [0.4, 0.5) is 0 Å². The fourth-order valence-corrected chi connectivity index (χ4v) is 2.46. The van der Waals surface area contributed by atoms with Crippen LogP contribution in [-0.2, 0) is 32.1 Å². The van der Waals surface area contributed by atoms with Crippen LogP contribution >= 0.6 is 0 Å². The maximum absolute atomic E-state index is 11.9. The van der Waals surface area contributed by atoms with Gasteiger partial charge in [-0.3, -0.25) is 4.79 Å². The lowest BCUT2D eigenvalue weighted by atomic mass is 10.1. The monoisotopic (exact) mass is 383 g/mol. The average Bonchev–Trinajstić information content (AvgIpc) is 2.70. The number of carbonyl (C=O) groups excluding carboxylic acids is 2. The molecule has 2 rings (SSSR count). The van der Waals surface area contributed by atoms with Gasteiger partial charge in [-0.15, -0.1) is 0 Å². The number of methoxy groups -OCH3 is 1. The van der Waals surface area contributed by atoms with E-state index in [0.29, 0.717) is 25.4 Å². The Morgan fingerprint density at radius 3 is 2.36 bits per heavy atom. The second-order valence-corrected chi connectivity index (χ2v) is 6.35. The summed E-state index contributed by atoms with van der Waals surface area (Å²) < 4.78 is 15.3. The van der Waals surface area contributed by atoms with Crippen LogP contribution in [0.2, 0.25) is 0 Å². The van der Waals surface area contributed by atoms with E-state index in [1.807, 2.05) is 42.5 Å². The van der Waals surface area contributed by atoms with E-state index in [2.05, 4.69) is 11.3 Å². The van der Waals surface area contributed by atoms with Gasteiger partial charge in [0.1, 0.15) is 5.75 Å². The van der Waals surface area contributed by atoms with E-state index >= 15 is 0 Å². The van der Waals surface area contributed by atoms with E-state index in [1.54, 1.807) is 12.1 Å². The van der Waals surface area contributed by atoms with Gasteiger partial charge in [0.05, 0.1) is 26.7 Å². The quantitative estimate of drug-likeness (QED) is 0.386. The summed E-state index contributed by atoms with van der Waals surface area (Å²) in [5, 5.41) is 0. The van der Waals surface area contributed by atoms with E-state index in [9.17, 15) is 9.59 Å². The number of carbonyl (C=O) groups is 2. The first-order valence-electron chi connectivity index (χ1n) is 8.91. The lowest BCUT2D eigenvalue weighted by molar-refractivity contribution is -0.141. The van der Waals surface area contributed by atoms with Crippen LogP contribution in [0.25, 0.3) is 0 Å². The Labute approximate surface area is 164 Å². The molecule has 0 aliphatic carbocycles. The van der Waals surface area contributed by atoms with Crippen LogP contribution in [0.15, 0.2) is 66.7 Å². The molecule has 28 heavy (non-hydrogen) atoms. The Morgan fingerprint density at radius 1 is 1.04 bits per heavy atom. The molecule has 6 heteroatoms. The molecule has 2 aromatic rings. The number of nitrogens with two attached hydrogens (primary N) is 1. The Hall–Kier alpha value is -2.96. The normalized spacial score (nSPS) is 11.5. The highest BCUT2D eigenvalue weighted by molar-refractivity contribution is 5.94. The highest BCUT2D eigenvalue weighted by Crippen LogP contribution is 2.15. The Kier molecular flexibility index (Phi) is 8.39. The molecule has 0 heterocycles. The summed E-state index contributed by atoms with van der Waals surface area (Å²) in [6.45, 7) is 4.51. The highest BCUT2D eigenvalue weighted by atomic mass is 16.5. The second kappa shape index (κ2) is 11.0. The van der Waals surface area contributed by atoms with E-state index < -0.39 is 11.9 Å². The predicted octanol–water partition coefficient (Wildman–Crippen LogP) is 2.80. The van der Waals surface area contributed by atoms with E-state index in [0.717, 1.165) is 11.1 Å². The van der Waals surface area contributed by atoms with Crippen molar-refractivity contribution in [3.8, 4) is 5.75 Å². The molecule has 6 nitrogen and oxygen atoms in total. The van der Waals surface area contributed by atoms with Crippen molar-refractivity contribution in [3.05, 3.63) is 77.9 Å². The molecular weight excluding hydrogens is 358 g/mol. The number of ether oxygens (including phenoxy) is 3. The van der Waals surface area contributed by atoms with Crippen LogP contribution in [0, 0.1) is 0 Å². The molecule has 0 saturated heterocycles. The predicted molar refractivity (Wildman–Crippen MR) is 106 cm³/mol. The molecule has 1 atom stereocenters. The standard InChI is InChI=1S/C22H25NO5/c1-16(12-21(24)26-2)22(25)28-20-10-8-17(9-11-20)13-19(23)15-27-14-18-6-4-3-5-7-18/h3-11,19H,1,12-15,23H2,2H3. The Morgan fingerprint density at radius 2 is 1.71 bits per heavy atom. The van der Waals surface area contributed by atoms with Gasteiger partial charge in [0.25, 0.3) is 0 Å². The number of hydrogen-bond donors (Lipinski definition) is 1. The zero-order chi connectivity index (χ0) is 20.4. The first-order valence-corrected chi connectivity index (χ1v) is 8.91. The summed E-state index contributed by atoms with van der Waals surface area (Å²) in [6.07, 6.45) is 0.434. The van der Waals surface area contributed by atoms with Gasteiger partial charge in [-0.1, -0.05) is 49.0 Å². The summed E-state index contributed by atoms with van der Waals surface area (Å²) in [4.78, 5) is 23.1. The third kappa shape index (κ3) is 7.34.